The fourth-order valence-corrected chi connectivity index (χ4v) is 1.41. The maximum Gasteiger partial charge on any atom is 0.323 e. The summed E-state index contributed by atoms with van der Waals surface area (Å²) in [5, 5.41) is 4.03. The van der Waals surface area contributed by atoms with Crippen LogP contribution in [-0.2, 0) is 0 Å². The number of rotatable bonds is 1. The minimum absolute atomic E-state index is 0.445. The zero-order valence-corrected chi connectivity index (χ0v) is 7.79. The molecule has 0 aliphatic rings. The van der Waals surface area contributed by atoms with Crippen molar-refractivity contribution >= 4 is 16.8 Å². The number of nitrogen functional groups attached to an aromatic ring is 1. The highest BCUT2D eigenvalue weighted by Crippen LogP contribution is 2.19. The molecular weight excluding hydrogens is 192 g/mol. The summed E-state index contributed by atoms with van der Waals surface area (Å²) in [6.07, 6.45) is 3.44. The molecule has 0 spiro atoms. The summed E-state index contributed by atoms with van der Waals surface area (Å²) in [5.74, 6) is 0. The molecule has 1 aromatic carbocycles. The first-order chi connectivity index (χ1) is 7.33. The molecule has 0 atom stereocenters. The third-order valence-electron chi connectivity index (χ3n) is 2.10. The van der Waals surface area contributed by atoms with Crippen LogP contribution in [0.25, 0.3) is 17.1 Å². The normalized spacial score (nSPS) is 10.9. The van der Waals surface area contributed by atoms with Gasteiger partial charge in [0.05, 0.1) is 0 Å². The van der Waals surface area contributed by atoms with Crippen LogP contribution in [0.4, 0.5) is 5.69 Å². The monoisotopic (exact) mass is 200 g/mol. The summed E-state index contributed by atoms with van der Waals surface area (Å²) in [6, 6.07) is 7.60. The summed E-state index contributed by atoms with van der Waals surface area (Å²) in [5.41, 5.74) is 7.76. The standard InChI is InChI=1S/C10H8N4O/c11-7-2-3-9-8(6-7)13-10(15-9)14-5-1-4-12-14/h1-6H,11H2. The lowest BCUT2D eigenvalue weighted by molar-refractivity contribution is 0.543. The van der Waals surface area contributed by atoms with Gasteiger partial charge in [0, 0.05) is 18.1 Å². The van der Waals surface area contributed by atoms with Crippen LogP contribution in [0.2, 0.25) is 0 Å². The fraction of sp³-hybridized carbons (Fsp3) is 0. The second kappa shape index (κ2) is 2.84. The van der Waals surface area contributed by atoms with E-state index in [1.807, 2.05) is 6.07 Å². The van der Waals surface area contributed by atoms with Crippen molar-refractivity contribution in [3.63, 3.8) is 0 Å². The van der Waals surface area contributed by atoms with E-state index in [-0.39, 0.29) is 0 Å². The largest absolute Gasteiger partial charge is 0.422 e. The van der Waals surface area contributed by atoms with E-state index in [0.29, 0.717) is 17.3 Å². The third-order valence-corrected chi connectivity index (χ3v) is 2.10. The van der Waals surface area contributed by atoms with Crippen LogP contribution in [0, 0.1) is 0 Å². The van der Waals surface area contributed by atoms with Crippen molar-refractivity contribution in [1.29, 1.82) is 0 Å². The Bertz CT molecular complexity index is 597. The zero-order chi connectivity index (χ0) is 10.3. The van der Waals surface area contributed by atoms with Gasteiger partial charge in [0.25, 0.3) is 0 Å². The van der Waals surface area contributed by atoms with Gasteiger partial charge in [-0.25, -0.2) is 0 Å². The number of oxazole rings is 1. The Balaban J connectivity index is 2.22. The number of nitrogens with zero attached hydrogens (tertiary/aromatic N) is 3. The lowest BCUT2D eigenvalue weighted by atomic mass is 10.3. The van der Waals surface area contributed by atoms with E-state index in [1.54, 1.807) is 35.3 Å². The quantitative estimate of drug-likeness (QED) is 0.605. The van der Waals surface area contributed by atoms with Gasteiger partial charge in [-0.05, 0) is 24.3 Å². The summed E-state index contributed by atoms with van der Waals surface area (Å²) in [7, 11) is 0. The predicted octanol–water partition coefficient (Wildman–Crippen LogP) is 1.60. The number of hydrogen-bond acceptors (Lipinski definition) is 4. The Morgan fingerprint density at radius 2 is 2.27 bits per heavy atom. The van der Waals surface area contributed by atoms with Crippen molar-refractivity contribution in [2.45, 2.75) is 0 Å². The number of nitrogens with two attached hydrogens (primary N) is 1. The molecule has 0 saturated carbocycles. The number of aromatic nitrogens is 3. The van der Waals surface area contributed by atoms with Crippen LogP contribution in [0.1, 0.15) is 0 Å². The highest BCUT2D eigenvalue weighted by molar-refractivity contribution is 5.77. The summed E-state index contributed by atoms with van der Waals surface area (Å²) in [6.45, 7) is 0. The molecule has 5 heteroatoms. The molecule has 0 amide bonds. The average Bonchev–Trinajstić information content (AvgIpc) is 2.84. The van der Waals surface area contributed by atoms with Crippen LogP contribution < -0.4 is 5.73 Å². The summed E-state index contributed by atoms with van der Waals surface area (Å²) in [4.78, 5) is 4.27. The van der Waals surface area contributed by atoms with Crippen molar-refractivity contribution in [2.75, 3.05) is 5.73 Å². The van der Waals surface area contributed by atoms with Crippen LogP contribution >= 0.6 is 0 Å². The molecule has 3 aromatic rings. The second-order valence-corrected chi connectivity index (χ2v) is 3.17. The molecule has 2 aromatic heterocycles. The van der Waals surface area contributed by atoms with Gasteiger partial charge in [0.1, 0.15) is 5.52 Å². The minimum atomic E-state index is 0.445. The topological polar surface area (TPSA) is 69.9 Å². The number of anilines is 1. The summed E-state index contributed by atoms with van der Waals surface area (Å²) < 4.78 is 7.07. The zero-order valence-electron chi connectivity index (χ0n) is 7.79. The van der Waals surface area contributed by atoms with E-state index >= 15 is 0 Å². The lowest BCUT2D eigenvalue weighted by Gasteiger charge is -1.89. The molecule has 0 aliphatic heterocycles. The molecule has 0 fully saturated rings. The van der Waals surface area contributed by atoms with E-state index in [4.69, 9.17) is 10.2 Å². The lowest BCUT2D eigenvalue weighted by Crippen LogP contribution is -1.93. The molecule has 15 heavy (non-hydrogen) atoms. The van der Waals surface area contributed by atoms with Crippen molar-refractivity contribution in [3.8, 4) is 6.01 Å². The van der Waals surface area contributed by atoms with Crippen molar-refractivity contribution in [2.24, 2.45) is 0 Å². The first-order valence-corrected chi connectivity index (χ1v) is 4.49. The van der Waals surface area contributed by atoms with Gasteiger partial charge < -0.3 is 10.2 Å². The van der Waals surface area contributed by atoms with Crippen LogP contribution in [0.5, 0.6) is 0 Å². The Hall–Kier alpha value is -2.30. The van der Waals surface area contributed by atoms with Gasteiger partial charge >= 0.3 is 6.01 Å². The van der Waals surface area contributed by atoms with Gasteiger partial charge in [0.2, 0.25) is 0 Å². The SMILES string of the molecule is Nc1ccc2oc(-n3cccn3)nc2c1. The van der Waals surface area contributed by atoms with Gasteiger partial charge in [-0.1, -0.05) is 0 Å². The third kappa shape index (κ3) is 1.25. The number of fused-ring (bicyclic) bond motifs is 1. The average molecular weight is 200 g/mol. The maximum absolute atomic E-state index is 5.65. The van der Waals surface area contributed by atoms with Gasteiger partial charge in [-0.2, -0.15) is 14.8 Å². The van der Waals surface area contributed by atoms with E-state index in [0.717, 1.165) is 5.52 Å². The molecular formula is C10H8N4O. The van der Waals surface area contributed by atoms with Crippen LogP contribution in [0.3, 0.4) is 0 Å². The number of hydrogen-bond donors (Lipinski definition) is 1. The Morgan fingerprint density at radius 1 is 1.33 bits per heavy atom. The van der Waals surface area contributed by atoms with Gasteiger partial charge in [-0.15, -0.1) is 0 Å². The molecule has 0 bridgehead atoms. The summed E-state index contributed by atoms with van der Waals surface area (Å²) >= 11 is 0. The highest BCUT2D eigenvalue weighted by atomic mass is 16.4. The van der Waals surface area contributed by atoms with Crippen LogP contribution in [0.15, 0.2) is 41.1 Å². The molecule has 5 nitrogen and oxygen atoms in total. The minimum Gasteiger partial charge on any atom is -0.422 e. The van der Waals surface area contributed by atoms with Crippen molar-refractivity contribution in [3.05, 3.63) is 36.7 Å². The first kappa shape index (κ1) is 8.05. The van der Waals surface area contributed by atoms with E-state index in [2.05, 4.69) is 10.1 Å². The first-order valence-electron chi connectivity index (χ1n) is 4.49. The van der Waals surface area contributed by atoms with Gasteiger partial charge in [-0.3, -0.25) is 0 Å². The number of benzene rings is 1. The Labute approximate surface area is 85.1 Å². The van der Waals surface area contributed by atoms with E-state index < -0.39 is 0 Å². The predicted molar refractivity (Wildman–Crippen MR) is 55.5 cm³/mol. The van der Waals surface area contributed by atoms with E-state index in [9.17, 15) is 0 Å². The molecule has 74 valence electrons. The molecule has 2 N–H and O–H groups in total. The molecule has 0 aliphatic carbocycles. The molecule has 3 rings (SSSR count). The van der Waals surface area contributed by atoms with Crippen LogP contribution in [-0.4, -0.2) is 14.8 Å². The fourth-order valence-electron chi connectivity index (χ4n) is 1.41. The highest BCUT2D eigenvalue weighted by Gasteiger charge is 2.07. The smallest absolute Gasteiger partial charge is 0.323 e. The van der Waals surface area contributed by atoms with E-state index in [1.165, 1.54) is 0 Å². The van der Waals surface area contributed by atoms with Crippen molar-refractivity contribution in [1.82, 2.24) is 14.8 Å². The Kier molecular flexibility index (Phi) is 1.53. The van der Waals surface area contributed by atoms with Crippen molar-refractivity contribution < 1.29 is 4.42 Å². The van der Waals surface area contributed by atoms with Gasteiger partial charge in [0.15, 0.2) is 5.58 Å². The molecule has 0 radical (unpaired) electrons. The molecule has 0 unspecified atom stereocenters. The maximum atomic E-state index is 5.65. The second-order valence-electron chi connectivity index (χ2n) is 3.17. The molecule has 0 saturated heterocycles. The molecule has 2 heterocycles. The Morgan fingerprint density at radius 3 is 3.07 bits per heavy atom.